The summed E-state index contributed by atoms with van der Waals surface area (Å²) in [4.78, 5) is 18.4. The van der Waals surface area contributed by atoms with E-state index in [1.54, 1.807) is 0 Å². The van der Waals surface area contributed by atoms with Crippen LogP contribution in [0.2, 0.25) is 0 Å². The third-order valence-corrected chi connectivity index (χ3v) is 3.72. The Morgan fingerprint density at radius 2 is 1.36 bits per heavy atom. The molecule has 0 aliphatic carbocycles. The van der Waals surface area contributed by atoms with Gasteiger partial charge in [0.2, 0.25) is 0 Å². The first-order valence-corrected chi connectivity index (χ1v) is 6.54. The summed E-state index contributed by atoms with van der Waals surface area (Å²) in [6, 6.07) is 0.128. The van der Waals surface area contributed by atoms with Crippen LogP contribution >= 0.6 is 18.5 Å². The fourth-order valence-electron chi connectivity index (χ4n) is 1.25. The molecule has 0 unspecified atom stereocenters. The van der Waals surface area contributed by atoms with E-state index in [2.05, 4.69) is 0 Å². The summed E-state index contributed by atoms with van der Waals surface area (Å²) in [7, 11) is -3.61. The third-order valence-electron chi connectivity index (χ3n) is 1.44. The van der Waals surface area contributed by atoms with Crippen LogP contribution in [0.3, 0.4) is 0 Å². The standard InChI is InChI=1S/C6H17ClNO2P/c1-5(2)8(6(3)4)11(7,9)10/h5-6,9-11H,1-4H3. The minimum absolute atomic E-state index is 0.0640. The van der Waals surface area contributed by atoms with Crippen LogP contribution in [0, 0.1) is 0 Å². The molecule has 0 aromatic heterocycles. The van der Waals surface area contributed by atoms with E-state index in [-0.39, 0.29) is 12.1 Å². The Hall–Kier alpha value is 0.600. The van der Waals surface area contributed by atoms with Gasteiger partial charge in [0.15, 0.2) is 0 Å². The Morgan fingerprint density at radius 1 is 1.09 bits per heavy atom. The fraction of sp³-hybridized carbons (Fsp3) is 1.00. The molecule has 3 nitrogen and oxygen atoms in total. The summed E-state index contributed by atoms with van der Waals surface area (Å²) in [5.41, 5.74) is 0. The molecule has 2 N–H and O–H groups in total. The van der Waals surface area contributed by atoms with Crippen LogP contribution in [0.5, 0.6) is 0 Å². The van der Waals surface area contributed by atoms with Crippen LogP contribution in [0.4, 0.5) is 0 Å². The first-order chi connectivity index (χ1) is 4.76. The van der Waals surface area contributed by atoms with Crippen molar-refractivity contribution in [1.29, 1.82) is 0 Å². The summed E-state index contributed by atoms with van der Waals surface area (Å²) in [5.74, 6) is 0. The maximum atomic E-state index is 9.20. The van der Waals surface area contributed by atoms with Crippen molar-refractivity contribution in [3.05, 3.63) is 0 Å². The normalized spacial score (nSPS) is 15.1. The monoisotopic (exact) mass is 201 g/mol. The second-order valence-electron chi connectivity index (χ2n) is 3.15. The molecular formula is C6H17ClNO2P. The molecule has 0 aliphatic rings. The van der Waals surface area contributed by atoms with Gasteiger partial charge in [0.1, 0.15) is 0 Å². The van der Waals surface area contributed by atoms with E-state index < -0.39 is 7.22 Å². The van der Waals surface area contributed by atoms with Crippen LogP contribution in [0.1, 0.15) is 27.7 Å². The predicted molar refractivity (Wildman–Crippen MR) is 50.7 cm³/mol. The van der Waals surface area contributed by atoms with Gasteiger partial charge in [0, 0.05) is 0 Å². The molecule has 5 heteroatoms. The zero-order chi connectivity index (χ0) is 9.23. The molecule has 0 atom stereocenters. The van der Waals surface area contributed by atoms with E-state index in [1.807, 2.05) is 27.7 Å². The van der Waals surface area contributed by atoms with Crippen LogP contribution < -0.4 is 0 Å². The molecule has 0 radical (unpaired) electrons. The SMILES string of the molecule is CC(C)N(C(C)C)[PH](O)(O)Cl. The molecule has 0 bridgehead atoms. The molecule has 70 valence electrons. The van der Waals surface area contributed by atoms with E-state index in [0.717, 1.165) is 0 Å². The van der Waals surface area contributed by atoms with Crippen molar-refractivity contribution in [3.63, 3.8) is 0 Å². The molecule has 0 spiro atoms. The van der Waals surface area contributed by atoms with Gasteiger partial charge in [-0.1, -0.05) is 0 Å². The topological polar surface area (TPSA) is 43.7 Å². The first kappa shape index (κ1) is 11.6. The van der Waals surface area contributed by atoms with E-state index >= 15 is 0 Å². The molecular weight excluding hydrogens is 184 g/mol. The summed E-state index contributed by atoms with van der Waals surface area (Å²) in [6.45, 7) is 7.54. The van der Waals surface area contributed by atoms with Crippen molar-refractivity contribution in [3.8, 4) is 0 Å². The quantitative estimate of drug-likeness (QED) is 0.684. The van der Waals surface area contributed by atoms with Crippen molar-refractivity contribution in [2.45, 2.75) is 39.8 Å². The summed E-state index contributed by atoms with van der Waals surface area (Å²) in [5, 5.41) is 0. The second kappa shape index (κ2) is 4.01. The molecule has 0 amide bonds. The molecule has 0 aromatic rings. The number of rotatable bonds is 3. The third kappa shape index (κ3) is 3.68. The van der Waals surface area contributed by atoms with Gasteiger partial charge >= 0.3 is 72.7 Å². The zero-order valence-electron chi connectivity index (χ0n) is 7.37. The number of hydrogen-bond acceptors (Lipinski definition) is 3. The van der Waals surface area contributed by atoms with Gasteiger partial charge in [-0.15, -0.1) is 0 Å². The molecule has 11 heavy (non-hydrogen) atoms. The van der Waals surface area contributed by atoms with E-state index in [1.165, 1.54) is 4.67 Å². The van der Waals surface area contributed by atoms with E-state index in [9.17, 15) is 9.79 Å². The minimum atomic E-state index is -3.61. The second-order valence-corrected chi connectivity index (χ2v) is 6.29. The Labute approximate surface area is 73.3 Å². The fourth-order valence-corrected chi connectivity index (χ4v) is 3.74. The van der Waals surface area contributed by atoms with Gasteiger partial charge in [-0.2, -0.15) is 0 Å². The van der Waals surface area contributed by atoms with E-state index in [4.69, 9.17) is 11.2 Å². The maximum absolute atomic E-state index is 9.20. The van der Waals surface area contributed by atoms with Gasteiger partial charge < -0.3 is 0 Å². The average Bonchev–Trinajstić information content (AvgIpc) is 1.54. The van der Waals surface area contributed by atoms with Gasteiger partial charge in [-0.05, 0) is 0 Å². The molecule has 0 saturated heterocycles. The van der Waals surface area contributed by atoms with Crippen LogP contribution in [0.25, 0.3) is 0 Å². The van der Waals surface area contributed by atoms with Crippen molar-refractivity contribution in [2.75, 3.05) is 0 Å². The summed E-state index contributed by atoms with van der Waals surface area (Å²) in [6.07, 6.45) is 0. The Kier molecular flexibility index (Phi) is 4.23. The van der Waals surface area contributed by atoms with Gasteiger partial charge in [-0.3, -0.25) is 0 Å². The van der Waals surface area contributed by atoms with Crippen LogP contribution in [-0.2, 0) is 0 Å². The molecule has 0 aliphatic heterocycles. The molecule has 0 fully saturated rings. The Balaban J connectivity index is 4.35. The van der Waals surface area contributed by atoms with Gasteiger partial charge in [0.25, 0.3) is 0 Å². The molecule has 0 aromatic carbocycles. The van der Waals surface area contributed by atoms with Crippen molar-refractivity contribution in [2.24, 2.45) is 0 Å². The number of hydrogen-bond donors (Lipinski definition) is 2. The van der Waals surface area contributed by atoms with Crippen LogP contribution in [0.15, 0.2) is 0 Å². The Bertz CT molecular complexity index is 116. The van der Waals surface area contributed by atoms with Crippen molar-refractivity contribution in [1.82, 2.24) is 4.67 Å². The van der Waals surface area contributed by atoms with Crippen LogP contribution in [-0.4, -0.2) is 26.5 Å². The Morgan fingerprint density at radius 3 is 1.36 bits per heavy atom. The number of halogens is 1. The van der Waals surface area contributed by atoms with Gasteiger partial charge in [0.05, 0.1) is 0 Å². The average molecular weight is 202 g/mol. The van der Waals surface area contributed by atoms with Crippen molar-refractivity contribution < 1.29 is 9.79 Å². The zero-order valence-corrected chi connectivity index (χ0v) is 9.13. The predicted octanol–water partition coefficient (Wildman–Crippen LogP) is 1.74. The summed E-state index contributed by atoms with van der Waals surface area (Å²) < 4.78 is 1.54. The molecule has 0 saturated carbocycles. The molecule has 0 rings (SSSR count). The first-order valence-electron chi connectivity index (χ1n) is 3.69. The van der Waals surface area contributed by atoms with E-state index in [0.29, 0.717) is 0 Å². The van der Waals surface area contributed by atoms with Crippen molar-refractivity contribution >= 4 is 18.5 Å². The van der Waals surface area contributed by atoms with Gasteiger partial charge in [-0.25, -0.2) is 0 Å². The summed E-state index contributed by atoms with van der Waals surface area (Å²) >= 11 is 5.47. The molecule has 0 heterocycles. The number of nitrogens with zero attached hydrogens (tertiary/aromatic N) is 1.